The molecular formula is C13H16BrClO. The van der Waals surface area contributed by atoms with Crippen molar-refractivity contribution in [3.05, 3.63) is 28.2 Å². The molecule has 88 valence electrons. The molecule has 1 saturated carbocycles. The van der Waals surface area contributed by atoms with E-state index in [4.69, 9.17) is 16.3 Å². The molecule has 1 atom stereocenters. The van der Waals surface area contributed by atoms with Crippen LogP contribution in [0.5, 0.6) is 5.75 Å². The van der Waals surface area contributed by atoms with Gasteiger partial charge in [0, 0.05) is 0 Å². The van der Waals surface area contributed by atoms with Crippen LogP contribution in [0, 0.1) is 5.92 Å². The van der Waals surface area contributed by atoms with Gasteiger partial charge in [-0.05, 0) is 52.9 Å². The fraction of sp³-hybridized carbons (Fsp3) is 0.538. The molecule has 1 unspecified atom stereocenters. The summed E-state index contributed by atoms with van der Waals surface area (Å²) >= 11 is 9.90. The second-order valence-electron chi connectivity index (χ2n) is 4.27. The van der Waals surface area contributed by atoms with Crippen LogP contribution in [0.1, 0.15) is 37.1 Å². The quantitative estimate of drug-likeness (QED) is 0.701. The summed E-state index contributed by atoms with van der Waals surface area (Å²) in [6.45, 7) is 2.67. The van der Waals surface area contributed by atoms with Gasteiger partial charge in [0.05, 0.1) is 16.5 Å². The molecule has 0 N–H and O–H groups in total. The van der Waals surface area contributed by atoms with E-state index in [0.717, 1.165) is 22.6 Å². The molecule has 16 heavy (non-hydrogen) atoms. The van der Waals surface area contributed by atoms with E-state index in [-0.39, 0.29) is 5.38 Å². The van der Waals surface area contributed by atoms with Crippen molar-refractivity contribution in [2.24, 2.45) is 5.92 Å². The zero-order valence-electron chi connectivity index (χ0n) is 9.38. The minimum absolute atomic E-state index is 0.138. The molecule has 0 bridgehead atoms. The third kappa shape index (κ3) is 3.14. The Hall–Kier alpha value is -0.210. The van der Waals surface area contributed by atoms with Crippen molar-refractivity contribution in [1.29, 1.82) is 0 Å². The zero-order chi connectivity index (χ0) is 11.5. The Kier molecular flexibility index (Phi) is 4.15. The Balaban J connectivity index is 2.06. The van der Waals surface area contributed by atoms with Gasteiger partial charge >= 0.3 is 0 Å². The molecular weight excluding hydrogens is 287 g/mol. The smallest absolute Gasteiger partial charge is 0.133 e. The minimum atomic E-state index is 0.138. The van der Waals surface area contributed by atoms with Gasteiger partial charge in [-0.15, -0.1) is 11.6 Å². The van der Waals surface area contributed by atoms with Crippen LogP contribution in [0.4, 0.5) is 0 Å². The van der Waals surface area contributed by atoms with E-state index in [1.54, 1.807) is 0 Å². The van der Waals surface area contributed by atoms with Gasteiger partial charge < -0.3 is 4.74 Å². The van der Waals surface area contributed by atoms with E-state index in [9.17, 15) is 0 Å². The van der Waals surface area contributed by atoms with E-state index < -0.39 is 0 Å². The maximum Gasteiger partial charge on any atom is 0.133 e. The molecule has 0 amide bonds. The van der Waals surface area contributed by atoms with Gasteiger partial charge in [0.2, 0.25) is 0 Å². The molecule has 1 aromatic carbocycles. The average molecular weight is 304 g/mol. The van der Waals surface area contributed by atoms with E-state index in [0.29, 0.717) is 6.61 Å². The minimum Gasteiger partial charge on any atom is -0.493 e. The van der Waals surface area contributed by atoms with E-state index in [1.807, 2.05) is 13.0 Å². The average Bonchev–Trinajstić information content (AvgIpc) is 3.05. The predicted octanol–water partition coefficient (Wildman–Crippen LogP) is 4.93. The lowest BCUT2D eigenvalue weighted by molar-refractivity contribution is 0.338. The normalized spacial score (nSPS) is 17.2. The highest BCUT2D eigenvalue weighted by molar-refractivity contribution is 9.10. The van der Waals surface area contributed by atoms with Crippen LogP contribution in [-0.4, -0.2) is 6.61 Å². The summed E-state index contributed by atoms with van der Waals surface area (Å²) in [4.78, 5) is 0. The highest BCUT2D eigenvalue weighted by atomic mass is 79.9. The van der Waals surface area contributed by atoms with Crippen LogP contribution in [0.25, 0.3) is 0 Å². The van der Waals surface area contributed by atoms with E-state index in [1.165, 1.54) is 18.4 Å². The predicted molar refractivity (Wildman–Crippen MR) is 71.2 cm³/mol. The van der Waals surface area contributed by atoms with Crippen LogP contribution in [0.3, 0.4) is 0 Å². The molecule has 2 rings (SSSR count). The molecule has 0 saturated heterocycles. The molecule has 0 radical (unpaired) electrons. The van der Waals surface area contributed by atoms with Crippen molar-refractivity contribution in [3.8, 4) is 5.75 Å². The molecule has 0 spiro atoms. The second kappa shape index (κ2) is 5.42. The maximum absolute atomic E-state index is 6.38. The summed E-state index contributed by atoms with van der Waals surface area (Å²) in [5.74, 6) is 1.74. The molecule has 1 aliphatic rings. The zero-order valence-corrected chi connectivity index (χ0v) is 11.7. The second-order valence-corrected chi connectivity index (χ2v) is 5.65. The third-order valence-corrected chi connectivity index (χ3v) is 3.90. The molecule has 1 aliphatic carbocycles. The highest BCUT2D eigenvalue weighted by Crippen LogP contribution is 2.41. The number of halogens is 2. The number of alkyl halides is 1. The lowest BCUT2D eigenvalue weighted by atomic mass is 10.1. The molecule has 3 heteroatoms. The fourth-order valence-electron chi connectivity index (χ4n) is 1.77. The van der Waals surface area contributed by atoms with E-state index in [2.05, 4.69) is 28.1 Å². The van der Waals surface area contributed by atoms with Crippen molar-refractivity contribution in [1.82, 2.24) is 0 Å². The number of ether oxygens (including phenoxy) is 1. The molecule has 1 fully saturated rings. The van der Waals surface area contributed by atoms with Gasteiger partial charge in [-0.3, -0.25) is 0 Å². The van der Waals surface area contributed by atoms with Crippen LogP contribution in [-0.2, 0) is 0 Å². The largest absolute Gasteiger partial charge is 0.493 e. The summed E-state index contributed by atoms with van der Waals surface area (Å²) in [7, 11) is 0. The number of rotatable bonds is 5. The SMILES string of the molecule is CCOc1ccc(C(Cl)CC2CC2)cc1Br. The monoisotopic (exact) mass is 302 g/mol. The molecule has 1 nitrogen and oxygen atoms in total. The third-order valence-electron chi connectivity index (χ3n) is 2.85. The summed E-state index contributed by atoms with van der Waals surface area (Å²) in [6.07, 6.45) is 3.80. The molecule has 0 aliphatic heterocycles. The van der Waals surface area contributed by atoms with Crippen molar-refractivity contribution >= 4 is 27.5 Å². The Morgan fingerprint density at radius 3 is 2.81 bits per heavy atom. The first-order valence-electron chi connectivity index (χ1n) is 5.77. The Morgan fingerprint density at radius 2 is 2.25 bits per heavy atom. The maximum atomic E-state index is 6.38. The van der Waals surface area contributed by atoms with E-state index >= 15 is 0 Å². The standard InChI is InChI=1S/C13H16BrClO/c1-2-16-13-6-5-10(8-11(13)14)12(15)7-9-3-4-9/h5-6,8-9,12H,2-4,7H2,1H3. The summed E-state index contributed by atoms with van der Waals surface area (Å²) in [5.41, 5.74) is 1.18. The molecule has 0 heterocycles. The Morgan fingerprint density at radius 1 is 1.50 bits per heavy atom. The topological polar surface area (TPSA) is 9.23 Å². The first-order chi connectivity index (χ1) is 7.70. The first kappa shape index (κ1) is 12.3. The number of hydrogen-bond acceptors (Lipinski definition) is 1. The van der Waals surface area contributed by atoms with Gasteiger partial charge in [0.1, 0.15) is 5.75 Å². The van der Waals surface area contributed by atoms with Gasteiger partial charge in [0.25, 0.3) is 0 Å². The van der Waals surface area contributed by atoms with Crippen molar-refractivity contribution in [2.45, 2.75) is 31.6 Å². The fourth-order valence-corrected chi connectivity index (χ4v) is 2.67. The van der Waals surface area contributed by atoms with Crippen molar-refractivity contribution in [2.75, 3.05) is 6.61 Å². The van der Waals surface area contributed by atoms with Crippen molar-refractivity contribution in [3.63, 3.8) is 0 Å². The van der Waals surface area contributed by atoms with Crippen LogP contribution in [0.2, 0.25) is 0 Å². The summed E-state index contributed by atoms with van der Waals surface area (Å²) < 4.78 is 6.47. The van der Waals surface area contributed by atoms with Gasteiger partial charge in [0.15, 0.2) is 0 Å². The molecule has 0 aromatic heterocycles. The van der Waals surface area contributed by atoms with Gasteiger partial charge in [-0.1, -0.05) is 18.9 Å². The van der Waals surface area contributed by atoms with Crippen molar-refractivity contribution < 1.29 is 4.74 Å². The lowest BCUT2D eigenvalue weighted by Crippen LogP contribution is -1.95. The Bertz CT molecular complexity index is 363. The first-order valence-corrected chi connectivity index (χ1v) is 7.00. The summed E-state index contributed by atoms with van der Waals surface area (Å²) in [6, 6.07) is 6.13. The van der Waals surface area contributed by atoms with Crippen LogP contribution in [0.15, 0.2) is 22.7 Å². The van der Waals surface area contributed by atoms with Gasteiger partial charge in [-0.2, -0.15) is 0 Å². The van der Waals surface area contributed by atoms with Gasteiger partial charge in [-0.25, -0.2) is 0 Å². The number of hydrogen-bond donors (Lipinski definition) is 0. The van der Waals surface area contributed by atoms with Crippen LogP contribution >= 0.6 is 27.5 Å². The highest BCUT2D eigenvalue weighted by Gasteiger charge is 2.25. The molecule has 1 aromatic rings. The lowest BCUT2D eigenvalue weighted by Gasteiger charge is -2.12. The Labute approximate surface area is 110 Å². The summed E-state index contributed by atoms with van der Waals surface area (Å²) in [5, 5.41) is 0.138. The number of benzene rings is 1. The van der Waals surface area contributed by atoms with Crippen LogP contribution < -0.4 is 4.74 Å².